The number of aromatic nitrogens is 1. The average Bonchev–Trinajstić information content (AvgIpc) is 2.48. The number of amides is 1. The first-order valence-electron chi connectivity index (χ1n) is 6.77. The smallest absolute Gasteiger partial charge is 0.275 e. The summed E-state index contributed by atoms with van der Waals surface area (Å²) in [6.07, 6.45) is 0. The van der Waals surface area contributed by atoms with E-state index in [0.717, 1.165) is 11.3 Å². The normalized spacial score (nSPS) is 10.5. The van der Waals surface area contributed by atoms with Gasteiger partial charge in [-0.05, 0) is 35.7 Å². The van der Waals surface area contributed by atoms with Crippen molar-refractivity contribution >= 4 is 29.0 Å². The van der Waals surface area contributed by atoms with Crippen LogP contribution in [0.3, 0.4) is 0 Å². The summed E-state index contributed by atoms with van der Waals surface area (Å²) in [5.41, 5.74) is 2.10. The molecule has 0 radical (unpaired) electrons. The molecule has 1 aromatic carbocycles. The van der Waals surface area contributed by atoms with Crippen LogP contribution >= 0.6 is 11.6 Å². The van der Waals surface area contributed by atoms with E-state index in [1.807, 2.05) is 24.3 Å². The summed E-state index contributed by atoms with van der Waals surface area (Å²) in [6, 6.07) is 11.1. The second kappa shape index (κ2) is 6.59. The fraction of sp³-hybridized carbons (Fsp3) is 0.250. The minimum Gasteiger partial charge on any atom is -0.373 e. The molecule has 1 heterocycles. The highest BCUT2D eigenvalue weighted by molar-refractivity contribution is 6.34. The molecule has 0 bridgehead atoms. The number of carbonyl (C=O) groups excluding carboxylic acids is 1. The molecule has 110 valence electrons. The number of hydrogen-bond acceptors (Lipinski definition) is 3. The summed E-state index contributed by atoms with van der Waals surface area (Å²) in [6.45, 7) is 4.21. The van der Waals surface area contributed by atoms with Crippen molar-refractivity contribution in [2.24, 2.45) is 0 Å². The summed E-state index contributed by atoms with van der Waals surface area (Å²) in [5, 5.41) is 6.05. The lowest BCUT2D eigenvalue weighted by atomic mass is 10.0. The Labute approximate surface area is 129 Å². The van der Waals surface area contributed by atoms with Gasteiger partial charge in [0.15, 0.2) is 0 Å². The topological polar surface area (TPSA) is 54.0 Å². The number of nitrogens with zero attached hydrogens (tertiary/aromatic N) is 1. The molecule has 4 nitrogen and oxygen atoms in total. The summed E-state index contributed by atoms with van der Waals surface area (Å²) in [7, 11) is 1.74. The number of anilines is 2. The first kappa shape index (κ1) is 15.3. The molecule has 21 heavy (non-hydrogen) atoms. The fourth-order valence-electron chi connectivity index (χ4n) is 1.91. The summed E-state index contributed by atoms with van der Waals surface area (Å²) in [5.74, 6) is 0.676. The molecule has 0 aliphatic heterocycles. The van der Waals surface area contributed by atoms with Crippen LogP contribution in [-0.2, 0) is 0 Å². The van der Waals surface area contributed by atoms with Gasteiger partial charge in [-0.1, -0.05) is 37.6 Å². The molecule has 0 aliphatic carbocycles. The number of pyridine rings is 1. The molecule has 0 atom stereocenters. The predicted octanol–water partition coefficient (Wildman–Crippen LogP) is 4.15. The highest BCUT2D eigenvalue weighted by Gasteiger charge is 2.13. The van der Waals surface area contributed by atoms with E-state index in [4.69, 9.17) is 11.6 Å². The standard InChI is InChI=1S/C16H18ClN3O/c1-10(2)11-5-4-6-12(9-11)19-16(21)15-13(17)7-8-14(18-3)20-15/h4-10H,1-3H3,(H,18,20)(H,19,21). The number of hydrogen-bond donors (Lipinski definition) is 2. The Hall–Kier alpha value is -2.07. The Morgan fingerprint density at radius 3 is 2.67 bits per heavy atom. The Balaban J connectivity index is 2.24. The van der Waals surface area contributed by atoms with E-state index in [0.29, 0.717) is 16.8 Å². The Morgan fingerprint density at radius 2 is 2.00 bits per heavy atom. The van der Waals surface area contributed by atoms with Gasteiger partial charge in [-0.15, -0.1) is 0 Å². The zero-order valence-electron chi connectivity index (χ0n) is 12.3. The zero-order valence-corrected chi connectivity index (χ0v) is 13.0. The molecular weight excluding hydrogens is 286 g/mol. The number of benzene rings is 1. The van der Waals surface area contributed by atoms with Gasteiger partial charge in [0.05, 0.1) is 5.02 Å². The van der Waals surface area contributed by atoms with Gasteiger partial charge in [0.25, 0.3) is 5.91 Å². The van der Waals surface area contributed by atoms with E-state index >= 15 is 0 Å². The van der Waals surface area contributed by atoms with E-state index in [2.05, 4.69) is 29.5 Å². The number of rotatable bonds is 4. The Bertz CT molecular complexity index is 656. The maximum atomic E-state index is 12.3. The summed E-state index contributed by atoms with van der Waals surface area (Å²) < 4.78 is 0. The van der Waals surface area contributed by atoms with Crippen molar-refractivity contribution in [2.75, 3.05) is 17.7 Å². The molecule has 0 aliphatic rings. The molecule has 2 aromatic rings. The van der Waals surface area contributed by atoms with Crippen LogP contribution in [0.1, 0.15) is 35.8 Å². The maximum Gasteiger partial charge on any atom is 0.275 e. The first-order valence-corrected chi connectivity index (χ1v) is 7.14. The van der Waals surface area contributed by atoms with E-state index in [1.54, 1.807) is 19.2 Å². The third-order valence-electron chi connectivity index (χ3n) is 3.13. The quantitative estimate of drug-likeness (QED) is 0.892. The molecule has 0 saturated carbocycles. The molecule has 1 amide bonds. The van der Waals surface area contributed by atoms with Crippen molar-refractivity contribution in [1.82, 2.24) is 4.98 Å². The molecule has 0 spiro atoms. The van der Waals surface area contributed by atoms with Crippen molar-refractivity contribution in [3.8, 4) is 0 Å². The predicted molar refractivity (Wildman–Crippen MR) is 87.3 cm³/mol. The average molecular weight is 304 g/mol. The SMILES string of the molecule is CNc1ccc(Cl)c(C(=O)Nc2cccc(C(C)C)c2)n1. The van der Waals surface area contributed by atoms with Crippen molar-refractivity contribution in [1.29, 1.82) is 0 Å². The van der Waals surface area contributed by atoms with Gasteiger partial charge in [0.1, 0.15) is 11.5 Å². The van der Waals surface area contributed by atoms with Crippen molar-refractivity contribution < 1.29 is 4.79 Å². The van der Waals surface area contributed by atoms with Crippen LogP contribution in [0.15, 0.2) is 36.4 Å². The van der Waals surface area contributed by atoms with E-state index in [1.165, 1.54) is 0 Å². The molecule has 0 unspecified atom stereocenters. The highest BCUT2D eigenvalue weighted by Crippen LogP contribution is 2.21. The second-order valence-corrected chi connectivity index (χ2v) is 5.42. The van der Waals surface area contributed by atoms with Gasteiger partial charge < -0.3 is 10.6 Å². The molecule has 0 fully saturated rings. The van der Waals surface area contributed by atoms with Crippen LogP contribution in [0.5, 0.6) is 0 Å². The second-order valence-electron chi connectivity index (χ2n) is 5.01. The van der Waals surface area contributed by atoms with Crippen molar-refractivity contribution in [2.45, 2.75) is 19.8 Å². The van der Waals surface area contributed by atoms with Gasteiger partial charge in [-0.25, -0.2) is 4.98 Å². The van der Waals surface area contributed by atoms with E-state index in [9.17, 15) is 4.79 Å². The number of nitrogens with one attached hydrogen (secondary N) is 2. The zero-order chi connectivity index (χ0) is 15.4. The monoisotopic (exact) mass is 303 g/mol. The van der Waals surface area contributed by atoms with Gasteiger partial charge in [0, 0.05) is 12.7 Å². The third kappa shape index (κ3) is 3.73. The number of carbonyl (C=O) groups is 1. The van der Waals surface area contributed by atoms with Crippen molar-refractivity contribution in [3.63, 3.8) is 0 Å². The highest BCUT2D eigenvalue weighted by atomic mass is 35.5. The fourth-order valence-corrected chi connectivity index (χ4v) is 2.10. The Morgan fingerprint density at radius 1 is 1.24 bits per heavy atom. The summed E-state index contributed by atoms with van der Waals surface area (Å²) >= 11 is 6.04. The maximum absolute atomic E-state index is 12.3. The minimum absolute atomic E-state index is 0.207. The molecule has 0 saturated heterocycles. The lowest BCUT2D eigenvalue weighted by molar-refractivity contribution is 0.102. The van der Waals surface area contributed by atoms with E-state index in [-0.39, 0.29) is 11.6 Å². The first-order chi connectivity index (χ1) is 10.0. The van der Waals surface area contributed by atoms with Crippen LogP contribution in [0.25, 0.3) is 0 Å². The van der Waals surface area contributed by atoms with Crippen LogP contribution in [-0.4, -0.2) is 17.9 Å². The molecule has 1 aromatic heterocycles. The lowest BCUT2D eigenvalue weighted by Gasteiger charge is -2.10. The van der Waals surface area contributed by atoms with Gasteiger partial charge in [0.2, 0.25) is 0 Å². The van der Waals surface area contributed by atoms with Crippen LogP contribution in [0.2, 0.25) is 5.02 Å². The molecule has 5 heteroatoms. The van der Waals surface area contributed by atoms with Gasteiger partial charge in [-0.3, -0.25) is 4.79 Å². The van der Waals surface area contributed by atoms with Crippen LogP contribution in [0, 0.1) is 0 Å². The molecule has 2 N–H and O–H groups in total. The van der Waals surface area contributed by atoms with Crippen LogP contribution in [0.4, 0.5) is 11.5 Å². The molecule has 2 rings (SSSR count). The Kier molecular flexibility index (Phi) is 4.81. The van der Waals surface area contributed by atoms with Gasteiger partial charge in [-0.2, -0.15) is 0 Å². The van der Waals surface area contributed by atoms with E-state index < -0.39 is 0 Å². The van der Waals surface area contributed by atoms with Gasteiger partial charge >= 0.3 is 0 Å². The minimum atomic E-state index is -0.321. The van der Waals surface area contributed by atoms with Crippen molar-refractivity contribution in [3.05, 3.63) is 52.7 Å². The lowest BCUT2D eigenvalue weighted by Crippen LogP contribution is -2.15. The summed E-state index contributed by atoms with van der Waals surface area (Å²) in [4.78, 5) is 16.5. The molecular formula is C16H18ClN3O. The largest absolute Gasteiger partial charge is 0.373 e. The number of halogens is 1. The van der Waals surface area contributed by atoms with Crippen LogP contribution < -0.4 is 10.6 Å². The third-order valence-corrected chi connectivity index (χ3v) is 3.43.